The maximum atomic E-state index is 12.3. The number of aliphatic hydroxyl groups is 1. The number of nitrogens with zero attached hydrogens (tertiary/aromatic N) is 2. The smallest absolute Gasteiger partial charge is 0.409 e. The fourth-order valence-electron chi connectivity index (χ4n) is 4.10. The maximum absolute atomic E-state index is 12.3. The Hall–Kier alpha value is -2.67. The molecule has 0 spiro atoms. The van der Waals surface area contributed by atoms with Crippen molar-refractivity contribution in [1.82, 2.24) is 4.90 Å². The molecule has 1 saturated heterocycles. The number of amides is 2. The van der Waals surface area contributed by atoms with E-state index in [0.717, 1.165) is 41.7 Å². The maximum Gasteiger partial charge on any atom is 0.409 e. The predicted molar refractivity (Wildman–Crippen MR) is 125 cm³/mol. The molecule has 2 aliphatic rings. The molecule has 9 heteroatoms. The van der Waals surface area contributed by atoms with Crippen molar-refractivity contribution in [3.05, 3.63) is 44.5 Å². The van der Waals surface area contributed by atoms with E-state index in [9.17, 15) is 20.0 Å². The molecule has 1 fully saturated rings. The molecule has 1 aliphatic carbocycles. The molecule has 0 saturated carbocycles. The largest absolute Gasteiger partial charge is 0.449 e. The van der Waals surface area contributed by atoms with Crippen LogP contribution in [0.3, 0.4) is 0 Å². The van der Waals surface area contributed by atoms with E-state index in [0.29, 0.717) is 36.7 Å². The van der Waals surface area contributed by atoms with Crippen LogP contribution in [0.1, 0.15) is 40.8 Å². The number of ether oxygens (including phenoxy) is 1. The zero-order chi connectivity index (χ0) is 22.5. The van der Waals surface area contributed by atoms with Crippen LogP contribution >= 0.6 is 22.7 Å². The Morgan fingerprint density at radius 3 is 3.03 bits per heavy atom. The molecule has 2 unspecified atom stereocenters. The Bertz CT molecular complexity index is 1040. The first-order chi connectivity index (χ1) is 15.5. The number of β-amino-alcohol motifs (C(OH)–C–C–N with tert-alkyl or cyclic N) is 1. The number of hydrogen-bond donors (Lipinski definition) is 2. The van der Waals surface area contributed by atoms with E-state index in [2.05, 4.69) is 11.4 Å². The van der Waals surface area contributed by atoms with Gasteiger partial charge < -0.3 is 20.1 Å². The lowest BCUT2D eigenvalue weighted by Gasteiger charge is -2.30. The summed E-state index contributed by atoms with van der Waals surface area (Å²) in [5.74, 6) is -0.0890. The SMILES string of the molecule is N#Cc1c(NC(=O)C=Cc2ccsc2)sc2c1CCC(COC(=O)N1CCCC(O)C1)C2. The van der Waals surface area contributed by atoms with Crippen LogP contribution in [0.2, 0.25) is 0 Å². The number of nitriles is 1. The monoisotopic (exact) mass is 471 g/mol. The number of carbonyl (C=O) groups is 2. The highest BCUT2D eigenvalue weighted by Crippen LogP contribution is 2.39. The summed E-state index contributed by atoms with van der Waals surface area (Å²) < 4.78 is 5.52. The molecule has 0 radical (unpaired) electrons. The van der Waals surface area contributed by atoms with E-state index in [4.69, 9.17) is 4.74 Å². The lowest BCUT2D eigenvalue weighted by Crippen LogP contribution is -2.42. The standard InChI is InChI=1S/C23H25N3O4S2/c24-11-19-18-5-3-16(13-30-23(29)26-8-1-2-17(27)12-26)10-20(18)32-22(19)25-21(28)6-4-15-7-9-31-14-15/h4,6-7,9,14,16-17,27H,1-3,5,8,10,12-13H2,(H,25,28). The van der Waals surface area contributed by atoms with E-state index in [1.54, 1.807) is 22.3 Å². The summed E-state index contributed by atoms with van der Waals surface area (Å²) in [6, 6.07) is 4.18. The van der Waals surface area contributed by atoms with Crippen LogP contribution in [0.4, 0.5) is 9.80 Å². The lowest BCUT2D eigenvalue weighted by molar-refractivity contribution is -0.111. The predicted octanol–water partition coefficient (Wildman–Crippen LogP) is 4.03. The van der Waals surface area contributed by atoms with E-state index in [-0.39, 0.29) is 17.9 Å². The van der Waals surface area contributed by atoms with Crippen LogP contribution < -0.4 is 5.32 Å². The van der Waals surface area contributed by atoms with E-state index >= 15 is 0 Å². The van der Waals surface area contributed by atoms with Crippen molar-refractivity contribution in [3.8, 4) is 6.07 Å². The minimum Gasteiger partial charge on any atom is -0.449 e. The third-order valence-corrected chi connectivity index (χ3v) is 7.65. The molecule has 3 heterocycles. The number of aliphatic hydroxyl groups excluding tert-OH is 1. The highest BCUT2D eigenvalue weighted by molar-refractivity contribution is 7.16. The molecule has 2 N–H and O–H groups in total. The van der Waals surface area contributed by atoms with Crippen LogP contribution in [0.25, 0.3) is 6.08 Å². The van der Waals surface area contributed by atoms with E-state index in [1.807, 2.05) is 16.8 Å². The van der Waals surface area contributed by atoms with Crippen molar-refractivity contribution in [2.45, 2.75) is 38.2 Å². The first-order valence-electron chi connectivity index (χ1n) is 10.7. The van der Waals surface area contributed by atoms with Gasteiger partial charge in [0.05, 0.1) is 18.3 Å². The zero-order valence-corrected chi connectivity index (χ0v) is 19.2. The second-order valence-electron chi connectivity index (χ2n) is 8.13. The van der Waals surface area contributed by atoms with Crippen molar-refractivity contribution >= 4 is 45.8 Å². The average Bonchev–Trinajstić information content (AvgIpc) is 3.43. The number of nitrogens with one attached hydrogen (secondary N) is 1. The Morgan fingerprint density at radius 1 is 1.41 bits per heavy atom. The quantitative estimate of drug-likeness (QED) is 0.641. The van der Waals surface area contributed by atoms with Crippen LogP contribution in [0.5, 0.6) is 0 Å². The molecule has 2 aromatic rings. The van der Waals surface area contributed by atoms with Crippen LogP contribution in [-0.2, 0) is 22.4 Å². The van der Waals surface area contributed by atoms with Gasteiger partial charge in [-0.05, 0) is 72.1 Å². The van der Waals surface area contributed by atoms with Gasteiger partial charge in [-0.15, -0.1) is 11.3 Å². The number of hydrogen-bond acceptors (Lipinski definition) is 7. The molecule has 7 nitrogen and oxygen atoms in total. The number of likely N-dealkylation sites (tertiary alicyclic amines) is 1. The number of piperidine rings is 1. The van der Waals surface area contributed by atoms with Gasteiger partial charge in [0.25, 0.3) is 0 Å². The fourth-order valence-corrected chi connectivity index (χ4v) is 6.04. The van der Waals surface area contributed by atoms with Crippen molar-refractivity contribution in [3.63, 3.8) is 0 Å². The highest BCUT2D eigenvalue weighted by Gasteiger charge is 2.28. The highest BCUT2D eigenvalue weighted by atomic mass is 32.1. The topological polar surface area (TPSA) is 103 Å². The molecule has 2 atom stereocenters. The van der Waals surface area contributed by atoms with Crippen molar-refractivity contribution < 1.29 is 19.4 Å². The van der Waals surface area contributed by atoms with Crippen molar-refractivity contribution in [2.75, 3.05) is 25.0 Å². The average molecular weight is 472 g/mol. The molecular formula is C23H25N3O4S2. The zero-order valence-electron chi connectivity index (χ0n) is 17.6. The van der Waals surface area contributed by atoms with Gasteiger partial charge in [0, 0.05) is 24.0 Å². The minimum absolute atomic E-state index is 0.174. The van der Waals surface area contributed by atoms with Gasteiger partial charge in [0.1, 0.15) is 11.1 Å². The third-order valence-electron chi connectivity index (χ3n) is 5.78. The second-order valence-corrected chi connectivity index (χ2v) is 10.0. The van der Waals surface area contributed by atoms with E-state index in [1.165, 1.54) is 17.4 Å². The molecule has 1 aliphatic heterocycles. The summed E-state index contributed by atoms with van der Waals surface area (Å²) in [6.45, 7) is 1.26. The van der Waals surface area contributed by atoms with Crippen molar-refractivity contribution in [2.24, 2.45) is 5.92 Å². The second kappa shape index (κ2) is 10.3. The Labute approximate surface area is 194 Å². The molecule has 32 heavy (non-hydrogen) atoms. The van der Waals surface area contributed by atoms with Gasteiger partial charge in [0.15, 0.2) is 0 Å². The summed E-state index contributed by atoms with van der Waals surface area (Å²) in [5.41, 5.74) is 2.50. The van der Waals surface area contributed by atoms with Crippen molar-refractivity contribution in [1.29, 1.82) is 5.26 Å². The molecule has 0 bridgehead atoms. The number of anilines is 1. The van der Waals surface area contributed by atoms with Crippen LogP contribution in [0.15, 0.2) is 22.9 Å². The summed E-state index contributed by atoms with van der Waals surface area (Å²) in [5, 5.41) is 26.7. The Morgan fingerprint density at radius 2 is 2.28 bits per heavy atom. The minimum atomic E-state index is -0.474. The fraction of sp³-hybridized carbons (Fsp3) is 0.435. The summed E-state index contributed by atoms with van der Waals surface area (Å²) >= 11 is 3.00. The van der Waals surface area contributed by atoms with E-state index < -0.39 is 6.10 Å². The number of carbonyl (C=O) groups excluding carboxylic acids is 2. The summed E-state index contributed by atoms with van der Waals surface area (Å²) in [6.07, 6.45) is 6.13. The van der Waals surface area contributed by atoms with Gasteiger partial charge in [0.2, 0.25) is 5.91 Å². The first-order valence-corrected chi connectivity index (χ1v) is 12.4. The summed E-state index contributed by atoms with van der Waals surface area (Å²) in [4.78, 5) is 27.3. The van der Waals surface area contributed by atoms with Crippen LogP contribution in [0, 0.1) is 17.2 Å². The van der Waals surface area contributed by atoms with Gasteiger partial charge in [-0.1, -0.05) is 0 Å². The molecule has 0 aromatic carbocycles. The number of thiophene rings is 2. The Kier molecular flexibility index (Phi) is 7.25. The number of rotatable bonds is 5. The molecule has 168 valence electrons. The molecule has 2 amide bonds. The molecule has 2 aromatic heterocycles. The van der Waals surface area contributed by atoms with Gasteiger partial charge in [-0.3, -0.25) is 4.79 Å². The van der Waals surface area contributed by atoms with Gasteiger partial charge in [-0.2, -0.15) is 16.6 Å². The normalized spacial score (nSPS) is 20.6. The lowest BCUT2D eigenvalue weighted by atomic mass is 9.88. The van der Waals surface area contributed by atoms with Gasteiger partial charge in [-0.25, -0.2) is 4.79 Å². The molecular weight excluding hydrogens is 446 g/mol. The first kappa shape index (κ1) is 22.5. The van der Waals surface area contributed by atoms with Crippen LogP contribution in [-0.4, -0.2) is 47.8 Å². The van der Waals surface area contributed by atoms with Gasteiger partial charge >= 0.3 is 6.09 Å². The summed E-state index contributed by atoms with van der Waals surface area (Å²) in [7, 11) is 0. The third kappa shape index (κ3) is 5.38. The Balaban J connectivity index is 1.35. The molecule has 4 rings (SSSR count). The number of fused-ring (bicyclic) bond motifs is 1.